The summed E-state index contributed by atoms with van der Waals surface area (Å²) in [6.45, 7) is 4.92. The van der Waals surface area contributed by atoms with Crippen molar-refractivity contribution in [2.24, 2.45) is 0 Å². The van der Waals surface area contributed by atoms with Crippen molar-refractivity contribution in [3.05, 3.63) is 12.2 Å². The molecular weight excluding hydrogens is 947 g/mol. The molecule has 6 nitrogen and oxygen atoms in total. The lowest BCUT2D eigenvalue weighted by Gasteiger charge is -2.20. The van der Waals surface area contributed by atoms with Crippen LogP contribution in [0.3, 0.4) is 0 Å². The zero-order valence-corrected chi connectivity index (χ0v) is 52.5. The molecule has 0 aliphatic heterocycles. The number of allylic oxidation sites excluding steroid dienone is 1. The summed E-state index contributed by atoms with van der Waals surface area (Å²) in [6, 6.07) is -0.621. The second-order valence-electron chi connectivity index (χ2n) is 24.6. The summed E-state index contributed by atoms with van der Waals surface area (Å²) in [5, 5.41) is 23.0. The largest absolute Gasteiger partial charge is 0.466 e. The Morgan fingerprint density at radius 3 is 0.883 bits per heavy atom. The number of amides is 1. The lowest BCUT2D eigenvalue weighted by atomic mass is 10.0. The van der Waals surface area contributed by atoms with Crippen molar-refractivity contribution < 1.29 is 24.5 Å². The first kappa shape index (κ1) is 75.6. The predicted octanol–water partition coefficient (Wildman–Crippen LogP) is 22.8. The molecule has 0 saturated carbocycles. The molecule has 0 bridgehead atoms. The molecule has 0 rings (SSSR count). The van der Waals surface area contributed by atoms with E-state index in [0.717, 1.165) is 38.5 Å². The van der Waals surface area contributed by atoms with E-state index in [9.17, 15) is 19.8 Å². The number of aliphatic hydroxyl groups excluding tert-OH is 2. The molecule has 0 fully saturated rings. The van der Waals surface area contributed by atoms with E-state index in [1.807, 2.05) is 6.08 Å². The smallest absolute Gasteiger partial charge is 0.305 e. The van der Waals surface area contributed by atoms with Gasteiger partial charge in [-0.3, -0.25) is 9.59 Å². The molecule has 0 aromatic carbocycles. The highest BCUT2D eigenvalue weighted by atomic mass is 16.5. The van der Waals surface area contributed by atoms with Crippen molar-refractivity contribution in [1.29, 1.82) is 0 Å². The van der Waals surface area contributed by atoms with E-state index in [4.69, 9.17) is 4.74 Å². The maximum Gasteiger partial charge on any atom is 0.305 e. The van der Waals surface area contributed by atoms with Gasteiger partial charge in [-0.2, -0.15) is 0 Å². The monoisotopic (exact) mass is 1090 g/mol. The fraction of sp³-hybridized carbons (Fsp3) is 0.944. The Morgan fingerprint density at radius 1 is 0.351 bits per heavy atom. The first-order valence-electron chi connectivity index (χ1n) is 35.5. The molecule has 77 heavy (non-hydrogen) atoms. The van der Waals surface area contributed by atoms with E-state index in [0.29, 0.717) is 19.4 Å². The summed E-state index contributed by atoms with van der Waals surface area (Å²) in [7, 11) is 0. The van der Waals surface area contributed by atoms with Gasteiger partial charge >= 0.3 is 5.97 Å². The molecule has 0 aliphatic rings. The molecule has 1 amide bonds. The molecule has 0 radical (unpaired) electrons. The van der Waals surface area contributed by atoms with Crippen LogP contribution in [0.15, 0.2) is 12.2 Å². The van der Waals surface area contributed by atoms with Gasteiger partial charge < -0.3 is 20.3 Å². The van der Waals surface area contributed by atoms with Gasteiger partial charge in [0.05, 0.1) is 25.4 Å². The van der Waals surface area contributed by atoms with Crippen molar-refractivity contribution in [2.75, 3.05) is 13.2 Å². The first-order chi connectivity index (χ1) is 38.0. The van der Waals surface area contributed by atoms with Crippen LogP contribution in [0.25, 0.3) is 0 Å². The molecule has 0 aromatic rings. The van der Waals surface area contributed by atoms with Gasteiger partial charge in [-0.15, -0.1) is 0 Å². The van der Waals surface area contributed by atoms with E-state index in [1.165, 1.54) is 340 Å². The Labute approximate surface area is 482 Å². The minimum atomic E-state index is -0.838. The van der Waals surface area contributed by atoms with Gasteiger partial charge in [0.25, 0.3) is 0 Å². The van der Waals surface area contributed by atoms with Crippen LogP contribution < -0.4 is 5.32 Å². The summed E-state index contributed by atoms with van der Waals surface area (Å²) in [4.78, 5) is 24.5. The highest BCUT2D eigenvalue weighted by molar-refractivity contribution is 5.76. The molecule has 458 valence electrons. The van der Waals surface area contributed by atoms with Crippen LogP contribution >= 0.6 is 0 Å². The Kier molecular flexibility index (Phi) is 65.9. The molecule has 0 saturated heterocycles. The predicted molar refractivity (Wildman–Crippen MR) is 338 cm³/mol. The quantitative estimate of drug-likeness (QED) is 0.0320. The number of rotatable bonds is 67. The summed E-state index contributed by atoms with van der Waals surface area (Å²) in [5.41, 5.74) is 0. The Morgan fingerprint density at radius 2 is 0.597 bits per heavy atom. The minimum Gasteiger partial charge on any atom is -0.466 e. The van der Waals surface area contributed by atoms with Crippen LogP contribution in [0, 0.1) is 0 Å². The molecule has 0 spiro atoms. The molecule has 0 aliphatic carbocycles. The third kappa shape index (κ3) is 63.6. The average Bonchev–Trinajstić information content (AvgIpc) is 3.43. The highest BCUT2D eigenvalue weighted by Crippen LogP contribution is 2.19. The van der Waals surface area contributed by atoms with Crippen LogP contribution in [-0.4, -0.2) is 47.4 Å². The Hall–Kier alpha value is -1.40. The molecule has 2 atom stereocenters. The molecule has 0 aromatic heterocycles. The summed E-state index contributed by atoms with van der Waals surface area (Å²) in [6.07, 6.45) is 83.2. The number of carbonyl (C=O) groups is 2. The van der Waals surface area contributed by atoms with E-state index >= 15 is 0 Å². The molecule has 6 heteroatoms. The van der Waals surface area contributed by atoms with Crippen molar-refractivity contribution in [3.8, 4) is 0 Å². The van der Waals surface area contributed by atoms with Gasteiger partial charge in [0.1, 0.15) is 0 Å². The van der Waals surface area contributed by atoms with E-state index in [2.05, 4.69) is 19.2 Å². The molecule has 0 heterocycles. The second-order valence-corrected chi connectivity index (χ2v) is 24.6. The number of carbonyl (C=O) groups excluding carboxylic acids is 2. The number of nitrogens with one attached hydrogen (secondary N) is 1. The number of esters is 1. The second kappa shape index (κ2) is 67.1. The summed E-state index contributed by atoms with van der Waals surface area (Å²) < 4.78 is 5.50. The normalized spacial score (nSPS) is 12.5. The fourth-order valence-corrected chi connectivity index (χ4v) is 11.4. The summed E-state index contributed by atoms with van der Waals surface area (Å²) >= 11 is 0. The van der Waals surface area contributed by atoms with Crippen LogP contribution in [0.1, 0.15) is 406 Å². The maximum atomic E-state index is 12.4. The van der Waals surface area contributed by atoms with Gasteiger partial charge in [0.2, 0.25) is 5.91 Å². The van der Waals surface area contributed by atoms with Crippen LogP contribution in [0.4, 0.5) is 0 Å². The van der Waals surface area contributed by atoms with E-state index in [-0.39, 0.29) is 18.5 Å². The Bertz CT molecular complexity index is 1160. The number of unbranched alkanes of at least 4 members (excludes halogenated alkanes) is 56. The van der Waals surface area contributed by atoms with E-state index < -0.39 is 12.1 Å². The van der Waals surface area contributed by atoms with Crippen LogP contribution in [0.5, 0.6) is 0 Å². The van der Waals surface area contributed by atoms with Crippen molar-refractivity contribution in [2.45, 2.75) is 418 Å². The molecule has 2 unspecified atom stereocenters. The third-order valence-corrected chi connectivity index (χ3v) is 16.8. The number of hydrogen-bond donors (Lipinski definition) is 3. The van der Waals surface area contributed by atoms with Crippen molar-refractivity contribution >= 4 is 11.9 Å². The number of ether oxygens (including phenoxy) is 1. The van der Waals surface area contributed by atoms with Gasteiger partial charge in [-0.05, 0) is 32.1 Å². The minimum absolute atomic E-state index is 0.0260. The maximum absolute atomic E-state index is 12.4. The van der Waals surface area contributed by atoms with Gasteiger partial charge in [-0.25, -0.2) is 0 Å². The van der Waals surface area contributed by atoms with E-state index in [1.54, 1.807) is 6.08 Å². The van der Waals surface area contributed by atoms with Gasteiger partial charge in [-0.1, -0.05) is 373 Å². The van der Waals surface area contributed by atoms with Crippen molar-refractivity contribution in [1.82, 2.24) is 5.32 Å². The SMILES string of the molecule is CCCCCCCCCC/C=C/C(O)C(CO)NC(=O)CCCCCCCCCCCCCCCCCCCCCCCCCCCCCCCCCCCCCOC(=O)CCCCCCCCCCCCCCCCC. The standard InChI is InChI=1S/C71H139NO5/c1-3-5-7-9-11-13-15-16-38-42-45-49-53-57-61-65-71(76)77-66-62-58-54-50-46-43-40-37-35-33-31-29-27-25-23-21-19-17-18-20-22-24-26-28-30-32-34-36-39-41-44-48-52-56-60-64-70(75)72-68(67-73)69(74)63-59-55-51-47-14-12-10-8-6-4-2/h59,63,68-69,73-74H,3-58,60-62,64-67H2,1-2H3,(H,72,75)/b63-59+. The zero-order valence-electron chi connectivity index (χ0n) is 52.5. The van der Waals surface area contributed by atoms with Crippen molar-refractivity contribution in [3.63, 3.8) is 0 Å². The third-order valence-electron chi connectivity index (χ3n) is 16.8. The average molecular weight is 1090 g/mol. The topological polar surface area (TPSA) is 95.9 Å². The summed E-state index contributed by atoms with van der Waals surface area (Å²) in [5.74, 6) is -0.0366. The van der Waals surface area contributed by atoms with Gasteiger partial charge in [0.15, 0.2) is 0 Å². The number of aliphatic hydroxyl groups is 2. The lowest BCUT2D eigenvalue weighted by Crippen LogP contribution is -2.45. The fourth-order valence-electron chi connectivity index (χ4n) is 11.4. The molecule has 3 N–H and O–H groups in total. The number of hydrogen-bond acceptors (Lipinski definition) is 5. The van der Waals surface area contributed by atoms with Crippen LogP contribution in [0.2, 0.25) is 0 Å². The Balaban J connectivity index is 3.27. The van der Waals surface area contributed by atoms with Crippen LogP contribution in [-0.2, 0) is 14.3 Å². The first-order valence-corrected chi connectivity index (χ1v) is 35.5. The lowest BCUT2D eigenvalue weighted by molar-refractivity contribution is -0.143. The highest BCUT2D eigenvalue weighted by Gasteiger charge is 2.18. The molecular formula is C71H139NO5. The van der Waals surface area contributed by atoms with Gasteiger partial charge in [0, 0.05) is 12.8 Å². The zero-order chi connectivity index (χ0) is 55.7.